The van der Waals surface area contributed by atoms with Crippen LogP contribution in [0, 0.1) is 11.8 Å². The van der Waals surface area contributed by atoms with Crippen LogP contribution in [0.25, 0.3) is 10.9 Å². The molecule has 2 heterocycles. The Morgan fingerprint density at radius 3 is 2.41 bits per heavy atom. The predicted octanol–water partition coefficient (Wildman–Crippen LogP) is 7.84. The first kappa shape index (κ1) is 27.4. The summed E-state index contributed by atoms with van der Waals surface area (Å²) in [6, 6.07) is 16.7. The van der Waals surface area contributed by atoms with Gasteiger partial charge in [-0.05, 0) is 50.2 Å². The number of hydrogen-bond acceptors (Lipinski definition) is 2. The third-order valence-corrected chi connectivity index (χ3v) is 9.21. The minimum Gasteiger partial charge on any atom is -0.347 e. The van der Waals surface area contributed by atoms with Crippen LogP contribution >= 0.6 is 0 Å². The zero-order valence-electron chi connectivity index (χ0n) is 24.8. The van der Waals surface area contributed by atoms with E-state index in [0.717, 1.165) is 61.0 Å². The number of allylic oxidation sites excluding steroid dienone is 6. The molecule has 41 heavy (non-hydrogen) atoms. The monoisotopic (exact) mass is 545 g/mol. The first-order valence-corrected chi connectivity index (χ1v) is 15.2. The lowest BCUT2D eigenvalue weighted by Crippen LogP contribution is -2.40. The van der Waals surface area contributed by atoms with E-state index < -0.39 is 5.92 Å². The molecule has 6 rings (SSSR count). The maximum atomic E-state index is 13.7. The van der Waals surface area contributed by atoms with Gasteiger partial charge in [0, 0.05) is 47.8 Å². The van der Waals surface area contributed by atoms with Crippen LogP contribution in [0.3, 0.4) is 0 Å². The molecule has 0 spiro atoms. The van der Waals surface area contributed by atoms with Crippen molar-refractivity contribution in [3.05, 3.63) is 102 Å². The molecule has 0 unspecified atom stereocenters. The normalized spacial score (nSPS) is 19.6. The van der Waals surface area contributed by atoms with E-state index in [2.05, 4.69) is 104 Å². The standard InChI is InChI=1S/C37H41N2O2/c1-25(2)20-22-39-32-19-10-8-17-30(32)37(3,4)33(39)23-28-35(40)34(36(28)41)29-24-38(31-18-9-7-16-27(29)31)21-12-11-15-26-13-5-6-14-26/h5-10,13-14,16-19,23-26,34H,11-12,15,20-22H2,1-4H3/q+1. The topological polar surface area (TPSA) is 42.1 Å². The largest absolute Gasteiger partial charge is 0.347 e. The molecule has 3 aliphatic rings. The number of carbonyl (C=O) groups excluding carboxylic acids is 2. The summed E-state index contributed by atoms with van der Waals surface area (Å²) in [6.07, 6.45) is 17.1. The number of fused-ring (bicyclic) bond motifs is 2. The van der Waals surface area contributed by atoms with Crippen molar-refractivity contribution < 1.29 is 14.2 Å². The van der Waals surface area contributed by atoms with Crippen molar-refractivity contribution >= 4 is 33.9 Å². The molecule has 0 amide bonds. The summed E-state index contributed by atoms with van der Waals surface area (Å²) >= 11 is 0. The molecule has 3 aromatic rings. The van der Waals surface area contributed by atoms with Gasteiger partial charge in [-0.1, -0.05) is 81.0 Å². The Morgan fingerprint density at radius 2 is 1.66 bits per heavy atom. The smallest absolute Gasteiger partial charge is 0.209 e. The maximum Gasteiger partial charge on any atom is 0.209 e. The van der Waals surface area contributed by atoms with E-state index in [9.17, 15) is 9.59 Å². The predicted molar refractivity (Wildman–Crippen MR) is 167 cm³/mol. The number of aryl methyl sites for hydroxylation is 1. The number of nitrogens with zero attached hydrogens (tertiary/aromatic N) is 2. The molecule has 1 aliphatic heterocycles. The molecule has 210 valence electrons. The molecular weight excluding hydrogens is 504 g/mol. The number of carbonyl (C=O) groups is 2. The molecule has 0 bridgehead atoms. The van der Waals surface area contributed by atoms with Gasteiger partial charge in [0.05, 0.1) is 11.0 Å². The van der Waals surface area contributed by atoms with E-state index in [1.165, 1.54) is 11.3 Å². The zero-order chi connectivity index (χ0) is 28.7. The average Bonchev–Trinajstić information content (AvgIpc) is 3.66. The molecular formula is C37H41N2O2+. The first-order valence-electron chi connectivity index (χ1n) is 15.2. The minimum absolute atomic E-state index is 0.0548. The van der Waals surface area contributed by atoms with Crippen molar-refractivity contribution in [1.82, 2.24) is 4.57 Å². The highest BCUT2D eigenvalue weighted by Crippen LogP contribution is 2.43. The van der Waals surface area contributed by atoms with Crippen molar-refractivity contribution in [2.75, 3.05) is 6.54 Å². The van der Waals surface area contributed by atoms with Crippen LogP contribution in [0.5, 0.6) is 0 Å². The van der Waals surface area contributed by atoms with Gasteiger partial charge in [0.2, 0.25) is 5.69 Å². The number of aromatic nitrogens is 1. The molecule has 4 nitrogen and oxygen atoms in total. The summed E-state index contributed by atoms with van der Waals surface area (Å²) in [5, 5.41) is 1.01. The Labute approximate surface area is 243 Å². The van der Waals surface area contributed by atoms with Gasteiger partial charge >= 0.3 is 0 Å². The summed E-state index contributed by atoms with van der Waals surface area (Å²) in [5.74, 6) is 0.295. The lowest BCUT2D eigenvalue weighted by atomic mass is 9.71. The number of unbranched alkanes of at least 4 members (excludes halogenated alkanes) is 1. The second-order valence-corrected chi connectivity index (χ2v) is 12.8. The summed E-state index contributed by atoms with van der Waals surface area (Å²) in [5.41, 5.74) is 5.48. The Bertz CT molecular complexity index is 1610. The summed E-state index contributed by atoms with van der Waals surface area (Å²) in [6.45, 7) is 10.6. The molecule has 0 N–H and O–H groups in total. The second kappa shape index (κ2) is 10.9. The number of benzene rings is 2. The highest BCUT2D eigenvalue weighted by molar-refractivity contribution is 6.43. The highest BCUT2D eigenvalue weighted by Gasteiger charge is 2.50. The van der Waals surface area contributed by atoms with Crippen molar-refractivity contribution in [2.24, 2.45) is 11.8 Å². The van der Waals surface area contributed by atoms with E-state index in [4.69, 9.17) is 0 Å². The van der Waals surface area contributed by atoms with E-state index in [1.807, 2.05) is 18.2 Å². The molecule has 1 fully saturated rings. The molecule has 2 aromatic carbocycles. The van der Waals surface area contributed by atoms with Gasteiger partial charge in [-0.25, -0.2) is 0 Å². The fraction of sp³-hybridized carbons (Fsp3) is 0.378. The van der Waals surface area contributed by atoms with Gasteiger partial charge in [0.1, 0.15) is 12.5 Å². The third-order valence-electron chi connectivity index (χ3n) is 9.21. The van der Waals surface area contributed by atoms with Gasteiger partial charge in [-0.2, -0.15) is 4.58 Å². The van der Waals surface area contributed by atoms with Gasteiger partial charge in [0.25, 0.3) is 0 Å². The van der Waals surface area contributed by atoms with E-state index in [-0.39, 0.29) is 17.0 Å². The molecule has 2 aliphatic carbocycles. The van der Waals surface area contributed by atoms with Crippen molar-refractivity contribution in [1.29, 1.82) is 0 Å². The summed E-state index contributed by atoms with van der Waals surface area (Å²) in [4.78, 5) is 27.5. The van der Waals surface area contributed by atoms with Crippen molar-refractivity contribution in [2.45, 2.75) is 71.3 Å². The average molecular weight is 546 g/mol. The maximum absolute atomic E-state index is 13.7. The SMILES string of the molecule is CC(C)CC[N+]1=C(C=C2C(=O)C(c3cn(CCCCC4C=CC=C4)c4ccccc34)C2=O)C(C)(C)c2ccccc21. The molecule has 0 atom stereocenters. The van der Waals surface area contributed by atoms with Gasteiger partial charge < -0.3 is 4.57 Å². The van der Waals surface area contributed by atoms with Gasteiger partial charge in [-0.3, -0.25) is 9.59 Å². The quantitative estimate of drug-likeness (QED) is 0.0856. The minimum atomic E-state index is -0.710. The van der Waals surface area contributed by atoms with Gasteiger partial charge in [0.15, 0.2) is 17.3 Å². The highest BCUT2D eigenvalue weighted by atomic mass is 16.2. The third kappa shape index (κ3) is 4.88. The lowest BCUT2D eigenvalue weighted by molar-refractivity contribution is -0.439. The van der Waals surface area contributed by atoms with E-state index in [1.54, 1.807) is 0 Å². The Morgan fingerprint density at radius 1 is 0.951 bits per heavy atom. The summed E-state index contributed by atoms with van der Waals surface area (Å²) in [7, 11) is 0. The molecule has 0 radical (unpaired) electrons. The van der Waals surface area contributed by atoms with Crippen LogP contribution in [0.2, 0.25) is 0 Å². The number of rotatable bonds is 10. The van der Waals surface area contributed by atoms with Crippen molar-refractivity contribution in [3.63, 3.8) is 0 Å². The molecule has 4 heteroatoms. The zero-order valence-corrected chi connectivity index (χ0v) is 24.8. The van der Waals surface area contributed by atoms with E-state index in [0.29, 0.717) is 17.4 Å². The van der Waals surface area contributed by atoms with Crippen LogP contribution in [-0.2, 0) is 21.5 Å². The molecule has 1 saturated carbocycles. The van der Waals surface area contributed by atoms with Crippen LogP contribution in [0.1, 0.15) is 70.4 Å². The number of hydrogen-bond donors (Lipinski definition) is 0. The number of Topliss-reactive ketones (excluding diaryl/α,β-unsaturated/α-hetero) is 2. The summed E-state index contributed by atoms with van der Waals surface area (Å²) < 4.78 is 4.58. The Balaban J connectivity index is 1.27. The van der Waals surface area contributed by atoms with Crippen LogP contribution in [0.4, 0.5) is 5.69 Å². The Hall–Kier alpha value is -3.79. The molecule has 0 saturated heterocycles. The van der Waals surface area contributed by atoms with E-state index >= 15 is 0 Å². The first-order chi connectivity index (χ1) is 19.8. The van der Waals surface area contributed by atoms with Crippen LogP contribution in [0.15, 0.2) is 90.7 Å². The fourth-order valence-corrected chi connectivity index (χ4v) is 6.79. The van der Waals surface area contributed by atoms with Gasteiger partial charge in [-0.15, -0.1) is 0 Å². The van der Waals surface area contributed by atoms with Crippen LogP contribution in [-0.4, -0.2) is 33.0 Å². The Kier molecular flexibility index (Phi) is 7.27. The van der Waals surface area contributed by atoms with Crippen molar-refractivity contribution in [3.8, 4) is 0 Å². The number of ketones is 2. The lowest BCUT2D eigenvalue weighted by Gasteiger charge is -2.26. The molecule has 1 aromatic heterocycles. The fourth-order valence-electron chi connectivity index (χ4n) is 6.79. The number of para-hydroxylation sites is 2. The van der Waals surface area contributed by atoms with Crippen LogP contribution < -0.4 is 0 Å². The second-order valence-electron chi connectivity index (χ2n) is 12.8.